The zero-order chi connectivity index (χ0) is 10.8. The summed E-state index contributed by atoms with van der Waals surface area (Å²) in [7, 11) is 0. The number of alkyl halides is 3. The van der Waals surface area contributed by atoms with E-state index in [9.17, 15) is 13.2 Å². The fourth-order valence-corrected chi connectivity index (χ4v) is 1.43. The van der Waals surface area contributed by atoms with Crippen LogP contribution >= 0.6 is 0 Å². The second-order valence-electron chi connectivity index (χ2n) is 3.21. The van der Waals surface area contributed by atoms with Gasteiger partial charge in [-0.1, -0.05) is 18.6 Å². The lowest BCUT2D eigenvalue weighted by Gasteiger charge is -2.23. The molecule has 0 aromatic heterocycles. The highest BCUT2D eigenvalue weighted by Crippen LogP contribution is 2.39. The molecule has 0 aromatic carbocycles. The van der Waals surface area contributed by atoms with Gasteiger partial charge in [-0.15, -0.1) is 0 Å². The van der Waals surface area contributed by atoms with E-state index >= 15 is 0 Å². The third-order valence-corrected chi connectivity index (χ3v) is 2.32. The standard InChI is InChI=1S/C10H10F3N/c1-2-7-3-4-8(6-14)9(5-7)10(11,12)13/h3-4,9H,2,5H2,1H3. The molecule has 1 atom stereocenters. The maximum atomic E-state index is 12.5. The van der Waals surface area contributed by atoms with E-state index in [1.54, 1.807) is 12.1 Å². The summed E-state index contributed by atoms with van der Waals surface area (Å²) in [4.78, 5) is 0. The summed E-state index contributed by atoms with van der Waals surface area (Å²) in [5.41, 5.74) is 0.557. The maximum Gasteiger partial charge on any atom is 0.396 e. The average Bonchev–Trinajstić information content (AvgIpc) is 2.15. The minimum atomic E-state index is -4.31. The van der Waals surface area contributed by atoms with E-state index < -0.39 is 12.1 Å². The highest BCUT2D eigenvalue weighted by atomic mass is 19.4. The number of hydrogen-bond acceptors (Lipinski definition) is 1. The zero-order valence-corrected chi connectivity index (χ0v) is 7.73. The average molecular weight is 201 g/mol. The second-order valence-corrected chi connectivity index (χ2v) is 3.21. The first kappa shape index (κ1) is 10.8. The molecule has 4 heteroatoms. The minimum absolute atomic E-state index is 0.0700. The number of hydrogen-bond donors (Lipinski definition) is 0. The highest BCUT2D eigenvalue weighted by Gasteiger charge is 2.43. The topological polar surface area (TPSA) is 23.8 Å². The number of nitriles is 1. The van der Waals surface area contributed by atoms with E-state index in [0.29, 0.717) is 6.42 Å². The van der Waals surface area contributed by atoms with Crippen LogP contribution in [-0.4, -0.2) is 6.18 Å². The smallest absolute Gasteiger partial charge is 0.193 e. The molecule has 1 nitrogen and oxygen atoms in total. The van der Waals surface area contributed by atoms with Crippen molar-refractivity contribution in [2.75, 3.05) is 0 Å². The minimum Gasteiger partial charge on any atom is -0.193 e. The SMILES string of the molecule is CCC1=CC=C(C#N)C(C(F)(F)F)C1. The molecule has 0 spiro atoms. The lowest BCUT2D eigenvalue weighted by atomic mass is 9.86. The van der Waals surface area contributed by atoms with Gasteiger partial charge in [0, 0.05) is 5.57 Å². The van der Waals surface area contributed by atoms with Crippen molar-refractivity contribution in [3.63, 3.8) is 0 Å². The van der Waals surface area contributed by atoms with Gasteiger partial charge in [-0.05, 0) is 18.9 Å². The molecule has 1 rings (SSSR count). The Bertz CT molecular complexity index is 317. The molecule has 0 N–H and O–H groups in total. The number of rotatable bonds is 1. The van der Waals surface area contributed by atoms with Crippen LogP contribution < -0.4 is 0 Å². The summed E-state index contributed by atoms with van der Waals surface area (Å²) in [6.45, 7) is 1.81. The van der Waals surface area contributed by atoms with Crippen molar-refractivity contribution in [2.45, 2.75) is 25.9 Å². The van der Waals surface area contributed by atoms with Crippen LogP contribution in [0.25, 0.3) is 0 Å². The monoisotopic (exact) mass is 201 g/mol. The highest BCUT2D eigenvalue weighted by molar-refractivity contribution is 5.36. The van der Waals surface area contributed by atoms with Crippen LogP contribution in [0.4, 0.5) is 13.2 Å². The second kappa shape index (κ2) is 3.87. The van der Waals surface area contributed by atoms with Gasteiger partial charge in [0.05, 0.1) is 12.0 Å². The quantitative estimate of drug-likeness (QED) is 0.638. The van der Waals surface area contributed by atoms with Gasteiger partial charge in [-0.3, -0.25) is 0 Å². The Morgan fingerprint density at radius 1 is 1.50 bits per heavy atom. The Balaban J connectivity index is 2.96. The molecule has 1 aliphatic rings. The predicted octanol–water partition coefficient (Wildman–Crippen LogP) is 3.35. The van der Waals surface area contributed by atoms with Gasteiger partial charge in [0.1, 0.15) is 0 Å². The lowest BCUT2D eigenvalue weighted by molar-refractivity contribution is -0.162. The summed E-state index contributed by atoms with van der Waals surface area (Å²) < 4.78 is 37.4. The third-order valence-electron chi connectivity index (χ3n) is 2.32. The van der Waals surface area contributed by atoms with Crippen molar-refractivity contribution in [3.8, 4) is 6.07 Å². The van der Waals surface area contributed by atoms with Crippen molar-refractivity contribution in [3.05, 3.63) is 23.3 Å². The van der Waals surface area contributed by atoms with Gasteiger partial charge in [-0.2, -0.15) is 18.4 Å². The fraction of sp³-hybridized carbons (Fsp3) is 0.500. The molecular weight excluding hydrogens is 191 g/mol. The first-order valence-corrected chi connectivity index (χ1v) is 4.35. The van der Waals surface area contributed by atoms with E-state index in [1.807, 2.05) is 6.92 Å². The van der Waals surface area contributed by atoms with E-state index in [2.05, 4.69) is 0 Å². The molecular formula is C10H10F3N. The van der Waals surface area contributed by atoms with E-state index in [-0.39, 0.29) is 12.0 Å². The molecule has 76 valence electrons. The van der Waals surface area contributed by atoms with Crippen molar-refractivity contribution >= 4 is 0 Å². The molecule has 0 amide bonds. The summed E-state index contributed by atoms with van der Waals surface area (Å²) in [5.74, 6) is -1.60. The molecule has 0 aromatic rings. The van der Waals surface area contributed by atoms with Gasteiger partial charge >= 0.3 is 6.18 Å². The van der Waals surface area contributed by atoms with Crippen LogP contribution in [0.5, 0.6) is 0 Å². The van der Waals surface area contributed by atoms with Gasteiger partial charge in [-0.25, -0.2) is 0 Å². The Kier molecular flexibility index (Phi) is 3.00. The van der Waals surface area contributed by atoms with Crippen LogP contribution in [0.3, 0.4) is 0 Å². The van der Waals surface area contributed by atoms with Crippen LogP contribution in [0.2, 0.25) is 0 Å². The molecule has 0 aliphatic heterocycles. The van der Waals surface area contributed by atoms with Crippen LogP contribution in [-0.2, 0) is 0 Å². The Labute approximate surface area is 80.5 Å². The molecule has 1 unspecified atom stereocenters. The van der Waals surface area contributed by atoms with Gasteiger partial charge < -0.3 is 0 Å². The summed E-state index contributed by atoms with van der Waals surface area (Å²) in [5, 5.41) is 8.54. The van der Waals surface area contributed by atoms with Gasteiger partial charge in [0.15, 0.2) is 0 Å². The molecule has 0 bridgehead atoms. The maximum absolute atomic E-state index is 12.5. The van der Waals surface area contributed by atoms with E-state index in [1.165, 1.54) is 6.08 Å². The Morgan fingerprint density at radius 3 is 2.57 bits per heavy atom. The molecule has 0 radical (unpaired) electrons. The molecule has 1 aliphatic carbocycles. The van der Waals surface area contributed by atoms with E-state index in [0.717, 1.165) is 5.57 Å². The number of nitrogens with zero attached hydrogens (tertiary/aromatic N) is 1. The first-order valence-electron chi connectivity index (χ1n) is 4.35. The predicted molar refractivity (Wildman–Crippen MR) is 46.2 cm³/mol. The van der Waals surface area contributed by atoms with Gasteiger partial charge in [0.2, 0.25) is 0 Å². The number of allylic oxidation sites excluding steroid dienone is 4. The number of halogens is 3. The van der Waals surface area contributed by atoms with E-state index in [4.69, 9.17) is 5.26 Å². The normalized spacial score (nSPS) is 22.4. The largest absolute Gasteiger partial charge is 0.396 e. The fourth-order valence-electron chi connectivity index (χ4n) is 1.43. The molecule has 0 saturated carbocycles. The molecule has 0 saturated heterocycles. The lowest BCUT2D eigenvalue weighted by Crippen LogP contribution is -2.26. The first-order chi connectivity index (χ1) is 6.49. The summed E-state index contributed by atoms with van der Waals surface area (Å²) in [6.07, 6.45) is -0.890. The Hall–Kier alpha value is -1.24. The molecule has 0 heterocycles. The van der Waals surface area contributed by atoms with Crippen molar-refractivity contribution in [2.24, 2.45) is 5.92 Å². The summed E-state index contributed by atoms with van der Waals surface area (Å²) in [6, 6.07) is 1.60. The van der Waals surface area contributed by atoms with Crippen molar-refractivity contribution < 1.29 is 13.2 Å². The summed E-state index contributed by atoms with van der Waals surface area (Å²) >= 11 is 0. The van der Waals surface area contributed by atoms with Crippen molar-refractivity contribution in [1.29, 1.82) is 5.26 Å². The van der Waals surface area contributed by atoms with Crippen LogP contribution in [0.15, 0.2) is 23.3 Å². The third kappa shape index (κ3) is 2.16. The Morgan fingerprint density at radius 2 is 2.14 bits per heavy atom. The van der Waals surface area contributed by atoms with Crippen LogP contribution in [0, 0.1) is 17.2 Å². The molecule has 14 heavy (non-hydrogen) atoms. The van der Waals surface area contributed by atoms with Gasteiger partial charge in [0.25, 0.3) is 0 Å². The van der Waals surface area contributed by atoms with Crippen molar-refractivity contribution in [1.82, 2.24) is 0 Å². The zero-order valence-electron chi connectivity index (χ0n) is 7.73. The van der Waals surface area contributed by atoms with Crippen LogP contribution in [0.1, 0.15) is 19.8 Å². The molecule has 0 fully saturated rings.